The molecule has 0 heterocycles. The Morgan fingerprint density at radius 3 is 2.12 bits per heavy atom. The molecule has 0 saturated heterocycles. The van der Waals surface area contributed by atoms with Gasteiger partial charge in [0.2, 0.25) is 11.8 Å². The van der Waals surface area contributed by atoms with Gasteiger partial charge in [0, 0.05) is 17.6 Å². The van der Waals surface area contributed by atoms with E-state index in [-0.39, 0.29) is 23.5 Å². The first kappa shape index (κ1) is 35.3. The summed E-state index contributed by atoms with van der Waals surface area (Å²) in [6, 6.07) is 3.27. The highest BCUT2D eigenvalue weighted by Gasteiger charge is 2.38. The maximum Gasteiger partial charge on any atom is 0.408 e. The van der Waals surface area contributed by atoms with Crippen LogP contribution in [0.3, 0.4) is 0 Å². The average Bonchev–Trinajstić information content (AvgIpc) is 2.79. The third-order valence-corrected chi connectivity index (χ3v) is 6.35. The lowest BCUT2D eigenvalue weighted by molar-refractivity contribution is -0.143. The van der Waals surface area contributed by atoms with Crippen LogP contribution < -0.4 is 10.6 Å². The molecule has 2 atom stereocenters. The van der Waals surface area contributed by atoms with Crippen molar-refractivity contribution < 1.29 is 24.2 Å². The summed E-state index contributed by atoms with van der Waals surface area (Å²) in [7, 11) is 0. The second-order valence-corrected chi connectivity index (χ2v) is 13.3. The molecule has 3 N–H and O–H groups in total. The Hall–Kier alpha value is -2.77. The molecule has 0 aliphatic rings. The van der Waals surface area contributed by atoms with Crippen LogP contribution in [0.5, 0.6) is 5.75 Å². The number of aryl methyl sites for hydroxylation is 1. The Labute approximate surface area is 242 Å². The maximum absolute atomic E-state index is 14.3. The molecule has 1 rings (SSSR count). The van der Waals surface area contributed by atoms with Crippen LogP contribution in [0.1, 0.15) is 124 Å². The van der Waals surface area contributed by atoms with Crippen molar-refractivity contribution in [2.75, 3.05) is 6.54 Å². The van der Waals surface area contributed by atoms with Crippen molar-refractivity contribution >= 4 is 17.9 Å². The van der Waals surface area contributed by atoms with Crippen LogP contribution in [-0.2, 0) is 14.3 Å². The molecular formula is C32H55N3O5. The fourth-order valence-corrected chi connectivity index (χ4v) is 4.56. The zero-order valence-corrected chi connectivity index (χ0v) is 26.6. The first-order valence-electron chi connectivity index (χ1n) is 14.9. The third-order valence-electron chi connectivity index (χ3n) is 6.35. The van der Waals surface area contributed by atoms with Gasteiger partial charge in [-0.15, -0.1) is 0 Å². The number of para-hydroxylation sites is 1. The van der Waals surface area contributed by atoms with Crippen LogP contribution in [0.15, 0.2) is 18.2 Å². The molecule has 0 aliphatic heterocycles. The smallest absolute Gasteiger partial charge is 0.408 e. The highest BCUT2D eigenvalue weighted by Crippen LogP contribution is 2.33. The van der Waals surface area contributed by atoms with Crippen LogP contribution in [0, 0.1) is 12.8 Å². The van der Waals surface area contributed by atoms with Crippen LogP contribution in [0.2, 0.25) is 0 Å². The summed E-state index contributed by atoms with van der Waals surface area (Å²) in [5.74, 6) is -0.678. The van der Waals surface area contributed by atoms with Crippen LogP contribution in [0.25, 0.3) is 0 Å². The molecule has 0 bridgehead atoms. The molecule has 228 valence electrons. The highest BCUT2D eigenvalue weighted by molar-refractivity contribution is 5.92. The number of hydrogen-bond donors (Lipinski definition) is 3. The fraction of sp³-hybridized carbons (Fsp3) is 0.719. The van der Waals surface area contributed by atoms with E-state index in [1.54, 1.807) is 50.8 Å². The number of amides is 3. The van der Waals surface area contributed by atoms with E-state index in [2.05, 4.69) is 17.6 Å². The van der Waals surface area contributed by atoms with E-state index in [1.165, 1.54) is 0 Å². The molecule has 8 heteroatoms. The number of aromatic hydroxyl groups is 1. The molecule has 0 saturated carbocycles. The highest BCUT2D eigenvalue weighted by atomic mass is 16.6. The number of phenols is 1. The topological polar surface area (TPSA) is 108 Å². The van der Waals surface area contributed by atoms with Gasteiger partial charge in [-0.1, -0.05) is 71.1 Å². The lowest BCUT2D eigenvalue weighted by Crippen LogP contribution is -2.55. The van der Waals surface area contributed by atoms with Gasteiger partial charge in [-0.2, -0.15) is 0 Å². The maximum atomic E-state index is 14.3. The predicted octanol–water partition coefficient (Wildman–Crippen LogP) is 6.78. The third kappa shape index (κ3) is 12.6. The first-order chi connectivity index (χ1) is 18.5. The van der Waals surface area contributed by atoms with Gasteiger partial charge in [-0.05, 0) is 72.8 Å². The van der Waals surface area contributed by atoms with E-state index in [9.17, 15) is 19.5 Å². The first-order valence-corrected chi connectivity index (χ1v) is 14.9. The summed E-state index contributed by atoms with van der Waals surface area (Å²) in [6.45, 7) is 19.1. The number of hydrogen-bond acceptors (Lipinski definition) is 5. The van der Waals surface area contributed by atoms with Crippen LogP contribution in [0.4, 0.5) is 4.79 Å². The van der Waals surface area contributed by atoms with Gasteiger partial charge >= 0.3 is 6.09 Å². The Morgan fingerprint density at radius 2 is 1.57 bits per heavy atom. The Kier molecular flexibility index (Phi) is 14.0. The van der Waals surface area contributed by atoms with Crippen molar-refractivity contribution in [3.8, 4) is 5.75 Å². The second kappa shape index (κ2) is 15.9. The number of nitrogens with one attached hydrogen (secondary N) is 2. The molecule has 3 amide bonds. The summed E-state index contributed by atoms with van der Waals surface area (Å²) in [5.41, 5.74) is -0.309. The van der Waals surface area contributed by atoms with Gasteiger partial charge in [0.05, 0.1) is 0 Å². The minimum atomic E-state index is -1.07. The summed E-state index contributed by atoms with van der Waals surface area (Å²) in [5, 5.41) is 16.9. The second-order valence-electron chi connectivity index (χ2n) is 13.3. The number of alkyl carbamates (subject to hydrolysis) is 1. The lowest BCUT2D eigenvalue weighted by atomic mass is 9.96. The predicted molar refractivity (Wildman–Crippen MR) is 161 cm³/mol. The van der Waals surface area contributed by atoms with E-state index in [1.807, 2.05) is 34.6 Å². The van der Waals surface area contributed by atoms with Crippen molar-refractivity contribution in [3.63, 3.8) is 0 Å². The van der Waals surface area contributed by atoms with E-state index in [0.717, 1.165) is 32.1 Å². The number of carbonyl (C=O) groups excluding carboxylic acids is 3. The molecule has 0 fully saturated rings. The molecule has 2 unspecified atom stereocenters. The van der Waals surface area contributed by atoms with Gasteiger partial charge < -0.3 is 25.4 Å². The quantitative estimate of drug-likeness (QED) is 0.217. The number of carbonyl (C=O) groups is 3. The van der Waals surface area contributed by atoms with E-state index >= 15 is 0 Å². The van der Waals surface area contributed by atoms with Gasteiger partial charge in [0.15, 0.2) is 0 Å². The largest absolute Gasteiger partial charge is 0.507 e. The zero-order chi connectivity index (χ0) is 30.7. The average molecular weight is 562 g/mol. The van der Waals surface area contributed by atoms with E-state index < -0.39 is 29.3 Å². The lowest BCUT2D eigenvalue weighted by Gasteiger charge is -2.36. The number of unbranched alkanes of at least 4 members (excludes halogenated alkanes) is 5. The number of phenolic OH excluding ortho intramolecular Hbond substituents is 1. The van der Waals surface area contributed by atoms with E-state index in [0.29, 0.717) is 30.5 Å². The van der Waals surface area contributed by atoms with Crippen LogP contribution >= 0.6 is 0 Å². The zero-order valence-electron chi connectivity index (χ0n) is 26.6. The van der Waals surface area contributed by atoms with Gasteiger partial charge in [-0.25, -0.2) is 4.79 Å². The number of ether oxygens (including phenoxy) is 1. The van der Waals surface area contributed by atoms with Crippen molar-refractivity contribution in [2.24, 2.45) is 5.92 Å². The summed E-state index contributed by atoms with van der Waals surface area (Å²) in [4.78, 5) is 42.5. The Morgan fingerprint density at radius 1 is 0.975 bits per heavy atom. The van der Waals surface area contributed by atoms with Gasteiger partial charge in [-0.3, -0.25) is 9.59 Å². The molecule has 0 aliphatic carbocycles. The Bertz CT molecular complexity index is 962. The monoisotopic (exact) mass is 561 g/mol. The van der Waals surface area contributed by atoms with Crippen LogP contribution in [-0.4, -0.2) is 51.6 Å². The number of nitrogens with zero attached hydrogens (tertiary/aromatic N) is 1. The number of rotatable bonds is 14. The molecule has 1 aromatic carbocycles. The molecule has 0 radical (unpaired) electrons. The SMILES string of the molecule is CCCCCCCCN(C(=O)C(CC(C)C)NC(=O)OC(C)(C)C)C(C(=O)NC(C)(C)C)c1cccc(C)c1O. The summed E-state index contributed by atoms with van der Waals surface area (Å²) < 4.78 is 5.47. The minimum absolute atomic E-state index is 0.0159. The standard InChI is InChI=1S/C32H55N3O5/c1-11-12-13-14-15-16-20-35(29(38)25(21-22(2)3)33-30(39)40-32(8,9)10)26(28(37)34-31(5,6)7)24-19-17-18-23(4)27(24)36/h17-19,22,25-26,36H,11-16,20-21H2,1-10H3,(H,33,39)(H,34,37). The molecule has 1 aromatic rings. The summed E-state index contributed by atoms with van der Waals surface area (Å²) in [6.07, 6.45) is 5.75. The van der Waals surface area contributed by atoms with E-state index in [4.69, 9.17) is 4.74 Å². The molecule has 40 heavy (non-hydrogen) atoms. The van der Waals surface area contributed by atoms with Crippen molar-refractivity contribution in [1.82, 2.24) is 15.5 Å². The van der Waals surface area contributed by atoms with Crippen molar-refractivity contribution in [3.05, 3.63) is 29.3 Å². The molecule has 0 spiro atoms. The van der Waals surface area contributed by atoms with Gasteiger partial charge in [0.1, 0.15) is 23.4 Å². The minimum Gasteiger partial charge on any atom is -0.507 e. The molecule has 0 aromatic heterocycles. The fourth-order valence-electron chi connectivity index (χ4n) is 4.56. The summed E-state index contributed by atoms with van der Waals surface area (Å²) >= 11 is 0. The molecule has 8 nitrogen and oxygen atoms in total. The molecular weight excluding hydrogens is 506 g/mol. The normalized spacial score (nSPS) is 13.5. The number of benzene rings is 1. The van der Waals surface area contributed by atoms with Crippen molar-refractivity contribution in [2.45, 2.75) is 137 Å². The Balaban J connectivity index is 3.56. The van der Waals surface area contributed by atoms with Gasteiger partial charge in [0.25, 0.3) is 0 Å². The van der Waals surface area contributed by atoms with Crippen molar-refractivity contribution in [1.29, 1.82) is 0 Å².